The van der Waals surface area contributed by atoms with E-state index in [2.05, 4.69) is 15.5 Å². The average molecular weight is 241 g/mol. The minimum Gasteiger partial charge on any atom is -0.391 e. The van der Waals surface area contributed by atoms with Gasteiger partial charge >= 0.3 is 0 Å². The minimum absolute atomic E-state index is 0.349. The standard InChI is InChI=1S/C12H11N5O/c1-17-12(7-13)11(15-16-17)8-14-18-9-10-5-3-2-4-6-10/h2-6,8H,9H2,1H3/b14-8+. The summed E-state index contributed by atoms with van der Waals surface area (Å²) >= 11 is 0. The van der Waals surface area contributed by atoms with Crippen LogP contribution in [0.3, 0.4) is 0 Å². The van der Waals surface area contributed by atoms with Crippen LogP contribution in [0.15, 0.2) is 35.5 Å². The summed E-state index contributed by atoms with van der Waals surface area (Å²) in [5.74, 6) is 0. The van der Waals surface area contributed by atoms with Crippen LogP contribution in [0.4, 0.5) is 0 Å². The third kappa shape index (κ3) is 2.71. The molecule has 0 aliphatic rings. The quantitative estimate of drug-likeness (QED) is 0.596. The molecule has 1 aromatic heterocycles. The first-order valence-corrected chi connectivity index (χ1v) is 5.30. The summed E-state index contributed by atoms with van der Waals surface area (Å²) in [6.07, 6.45) is 1.38. The van der Waals surface area contributed by atoms with Crippen molar-refractivity contribution in [2.75, 3.05) is 0 Å². The van der Waals surface area contributed by atoms with Gasteiger partial charge in [0.05, 0.1) is 6.21 Å². The molecule has 0 atom stereocenters. The molecule has 2 aromatic rings. The van der Waals surface area contributed by atoms with Crippen molar-refractivity contribution >= 4 is 6.21 Å². The molecule has 0 spiro atoms. The van der Waals surface area contributed by atoms with Crippen molar-refractivity contribution in [3.63, 3.8) is 0 Å². The molecule has 0 amide bonds. The number of nitrogens with zero attached hydrogens (tertiary/aromatic N) is 5. The van der Waals surface area contributed by atoms with E-state index in [4.69, 9.17) is 10.1 Å². The molecule has 6 heteroatoms. The maximum Gasteiger partial charge on any atom is 0.167 e. The molecule has 18 heavy (non-hydrogen) atoms. The van der Waals surface area contributed by atoms with Gasteiger partial charge in [0.2, 0.25) is 0 Å². The normalized spacial score (nSPS) is 10.4. The molecule has 2 rings (SSSR count). The minimum atomic E-state index is 0.349. The van der Waals surface area contributed by atoms with E-state index < -0.39 is 0 Å². The number of aromatic nitrogens is 3. The first-order chi connectivity index (χ1) is 8.81. The second-order valence-corrected chi connectivity index (χ2v) is 3.55. The molecular formula is C12H11N5O. The monoisotopic (exact) mass is 241 g/mol. The Morgan fingerprint density at radius 1 is 1.44 bits per heavy atom. The zero-order chi connectivity index (χ0) is 12.8. The summed E-state index contributed by atoms with van der Waals surface area (Å²) in [4.78, 5) is 5.12. The van der Waals surface area contributed by atoms with Gasteiger partial charge in [-0.2, -0.15) is 5.26 Å². The first kappa shape index (κ1) is 11.8. The highest BCUT2D eigenvalue weighted by Gasteiger charge is 2.06. The van der Waals surface area contributed by atoms with Crippen molar-refractivity contribution in [2.45, 2.75) is 6.61 Å². The highest BCUT2D eigenvalue weighted by Crippen LogP contribution is 2.02. The number of hydrogen-bond acceptors (Lipinski definition) is 5. The largest absolute Gasteiger partial charge is 0.391 e. The molecule has 0 unspecified atom stereocenters. The molecule has 0 radical (unpaired) electrons. The van der Waals surface area contributed by atoms with Gasteiger partial charge in [-0.05, 0) is 5.56 Å². The smallest absolute Gasteiger partial charge is 0.167 e. The van der Waals surface area contributed by atoms with Gasteiger partial charge in [-0.3, -0.25) is 0 Å². The second-order valence-electron chi connectivity index (χ2n) is 3.55. The van der Waals surface area contributed by atoms with E-state index in [1.165, 1.54) is 10.9 Å². The Bertz CT molecular complexity index is 582. The fourth-order valence-electron chi connectivity index (χ4n) is 1.36. The summed E-state index contributed by atoms with van der Waals surface area (Å²) in [6.45, 7) is 0.374. The van der Waals surface area contributed by atoms with Crippen LogP contribution in [-0.4, -0.2) is 21.2 Å². The summed E-state index contributed by atoms with van der Waals surface area (Å²) in [5, 5.41) is 20.2. The molecular weight excluding hydrogens is 230 g/mol. The van der Waals surface area contributed by atoms with Crippen LogP contribution in [0, 0.1) is 11.3 Å². The Labute approximate surface area is 104 Å². The van der Waals surface area contributed by atoms with Crippen LogP contribution in [0.25, 0.3) is 0 Å². The van der Waals surface area contributed by atoms with Gasteiger partial charge in [0, 0.05) is 7.05 Å². The molecule has 0 saturated heterocycles. The Morgan fingerprint density at radius 2 is 2.22 bits per heavy atom. The van der Waals surface area contributed by atoms with Crippen molar-refractivity contribution in [2.24, 2.45) is 12.2 Å². The van der Waals surface area contributed by atoms with Crippen LogP contribution in [0.2, 0.25) is 0 Å². The Kier molecular flexibility index (Phi) is 3.66. The Hall–Kier alpha value is -2.68. The van der Waals surface area contributed by atoms with Gasteiger partial charge in [0.25, 0.3) is 0 Å². The second kappa shape index (κ2) is 5.59. The fraction of sp³-hybridized carbons (Fsp3) is 0.167. The number of benzene rings is 1. The molecule has 0 N–H and O–H groups in total. The van der Waals surface area contributed by atoms with E-state index in [9.17, 15) is 0 Å². The van der Waals surface area contributed by atoms with Crippen molar-refractivity contribution in [1.29, 1.82) is 5.26 Å². The summed E-state index contributed by atoms with van der Waals surface area (Å²) < 4.78 is 1.39. The highest BCUT2D eigenvalue weighted by atomic mass is 16.6. The van der Waals surface area contributed by atoms with Gasteiger partial charge in [0.15, 0.2) is 5.69 Å². The topological polar surface area (TPSA) is 76.1 Å². The predicted molar refractivity (Wildman–Crippen MR) is 64.5 cm³/mol. The molecule has 0 aliphatic heterocycles. The van der Waals surface area contributed by atoms with E-state index >= 15 is 0 Å². The maximum absolute atomic E-state index is 8.87. The summed E-state index contributed by atoms with van der Waals surface area (Å²) in [6, 6.07) is 11.7. The van der Waals surface area contributed by atoms with Crippen molar-refractivity contribution in [3.05, 3.63) is 47.3 Å². The van der Waals surface area contributed by atoms with E-state index in [-0.39, 0.29) is 0 Å². The third-order valence-corrected chi connectivity index (χ3v) is 2.28. The van der Waals surface area contributed by atoms with Gasteiger partial charge in [-0.15, -0.1) is 5.10 Å². The van der Waals surface area contributed by atoms with Crippen LogP contribution < -0.4 is 0 Å². The van der Waals surface area contributed by atoms with Crippen LogP contribution >= 0.6 is 0 Å². The molecule has 0 fully saturated rings. The number of oxime groups is 1. The third-order valence-electron chi connectivity index (χ3n) is 2.28. The highest BCUT2D eigenvalue weighted by molar-refractivity contribution is 5.79. The number of rotatable bonds is 4. The van der Waals surface area contributed by atoms with Crippen LogP contribution in [-0.2, 0) is 18.5 Å². The van der Waals surface area contributed by atoms with Gasteiger partial charge in [-0.1, -0.05) is 40.7 Å². The maximum atomic E-state index is 8.87. The van der Waals surface area contributed by atoms with E-state index in [1.54, 1.807) is 7.05 Å². The average Bonchev–Trinajstić information content (AvgIpc) is 2.76. The zero-order valence-corrected chi connectivity index (χ0v) is 9.82. The number of aryl methyl sites for hydroxylation is 1. The summed E-state index contributed by atoms with van der Waals surface area (Å²) in [7, 11) is 1.65. The molecule has 0 aliphatic carbocycles. The fourth-order valence-corrected chi connectivity index (χ4v) is 1.36. The molecule has 1 heterocycles. The molecule has 0 bridgehead atoms. The lowest BCUT2D eigenvalue weighted by molar-refractivity contribution is 0.132. The van der Waals surface area contributed by atoms with Crippen molar-refractivity contribution < 1.29 is 4.84 Å². The molecule has 0 saturated carbocycles. The van der Waals surface area contributed by atoms with Crippen molar-refractivity contribution in [3.8, 4) is 6.07 Å². The van der Waals surface area contributed by atoms with Gasteiger partial charge in [-0.25, -0.2) is 4.68 Å². The molecule has 1 aromatic carbocycles. The lowest BCUT2D eigenvalue weighted by Crippen LogP contribution is -1.95. The summed E-state index contributed by atoms with van der Waals surface area (Å²) in [5.41, 5.74) is 1.77. The van der Waals surface area contributed by atoms with E-state index in [0.717, 1.165) is 5.56 Å². The van der Waals surface area contributed by atoms with Crippen LogP contribution in [0.1, 0.15) is 17.0 Å². The van der Waals surface area contributed by atoms with Crippen molar-refractivity contribution in [1.82, 2.24) is 15.0 Å². The van der Waals surface area contributed by atoms with Gasteiger partial charge < -0.3 is 4.84 Å². The van der Waals surface area contributed by atoms with E-state index in [0.29, 0.717) is 18.0 Å². The van der Waals surface area contributed by atoms with Gasteiger partial charge in [0.1, 0.15) is 18.4 Å². The Morgan fingerprint density at radius 3 is 2.94 bits per heavy atom. The first-order valence-electron chi connectivity index (χ1n) is 5.30. The number of nitriles is 1. The lowest BCUT2D eigenvalue weighted by atomic mass is 10.2. The predicted octanol–water partition coefficient (Wildman–Crippen LogP) is 1.24. The van der Waals surface area contributed by atoms with E-state index in [1.807, 2.05) is 36.4 Å². The lowest BCUT2D eigenvalue weighted by Gasteiger charge is -1.97. The Balaban J connectivity index is 1.94. The number of hydrogen-bond donors (Lipinski definition) is 0. The zero-order valence-electron chi connectivity index (χ0n) is 9.82. The van der Waals surface area contributed by atoms with Crippen LogP contribution in [0.5, 0.6) is 0 Å². The molecule has 6 nitrogen and oxygen atoms in total. The SMILES string of the molecule is Cn1nnc(/C=N/OCc2ccccc2)c1C#N. The molecule has 90 valence electrons.